The quantitative estimate of drug-likeness (QED) is 0.655. The summed E-state index contributed by atoms with van der Waals surface area (Å²) < 4.78 is 0.481. The Hall–Kier alpha value is -2.31. The first kappa shape index (κ1) is 18.1. The van der Waals surface area contributed by atoms with Gasteiger partial charge in [-0.05, 0) is 35.6 Å². The Morgan fingerprint density at radius 1 is 0.926 bits per heavy atom. The zero-order valence-electron chi connectivity index (χ0n) is 14.7. The van der Waals surface area contributed by atoms with E-state index in [0.29, 0.717) is 21.7 Å². The first-order valence-electron chi connectivity index (χ1n) is 8.81. The zero-order chi connectivity index (χ0) is 18.5. The average molecular weight is 394 g/mol. The van der Waals surface area contributed by atoms with Crippen molar-refractivity contribution in [3.05, 3.63) is 78.1 Å². The summed E-state index contributed by atoms with van der Waals surface area (Å²) >= 11 is 3.96. The number of carbonyl (C=O) groups is 1. The van der Waals surface area contributed by atoms with Crippen molar-refractivity contribution in [3.8, 4) is 11.4 Å². The van der Waals surface area contributed by atoms with Crippen molar-refractivity contribution in [2.45, 2.75) is 11.0 Å². The van der Waals surface area contributed by atoms with Gasteiger partial charge in [-0.25, -0.2) is 9.97 Å². The lowest BCUT2D eigenvalue weighted by molar-refractivity contribution is 0.102. The molecular weight excluding hydrogens is 374 g/mol. The van der Waals surface area contributed by atoms with Gasteiger partial charge >= 0.3 is 0 Å². The van der Waals surface area contributed by atoms with Crippen LogP contribution < -0.4 is 5.32 Å². The second-order valence-electron chi connectivity index (χ2n) is 6.16. The lowest BCUT2D eigenvalue weighted by Crippen LogP contribution is -2.12. The maximum atomic E-state index is 12.5. The molecule has 3 aromatic rings. The van der Waals surface area contributed by atoms with Crippen molar-refractivity contribution in [2.24, 2.45) is 0 Å². The highest BCUT2D eigenvalue weighted by Crippen LogP contribution is 2.43. The second-order valence-corrected chi connectivity index (χ2v) is 8.89. The predicted octanol–water partition coefficient (Wildman–Crippen LogP) is 5.26. The monoisotopic (exact) mass is 393 g/mol. The summed E-state index contributed by atoms with van der Waals surface area (Å²) in [6.07, 6.45) is 4.55. The Morgan fingerprint density at radius 2 is 1.59 bits per heavy atom. The summed E-state index contributed by atoms with van der Waals surface area (Å²) in [5, 5.41) is 2.86. The lowest BCUT2D eigenvalue weighted by Gasteiger charge is -2.21. The van der Waals surface area contributed by atoms with Gasteiger partial charge in [0.1, 0.15) is 0 Å². The predicted molar refractivity (Wildman–Crippen MR) is 114 cm³/mol. The Kier molecular flexibility index (Phi) is 5.75. The van der Waals surface area contributed by atoms with Gasteiger partial charge in [0.05, 0.1) is 22.7 Å². The van der Waals surface area contributed by atoms with Crippen molar-refractivity contribution >= 4 is 35.1 Å². The molecule has 1 fully saturated rings. The van der Waals surface area contributed by atoms with Gasteiger partial charge in [-0.15, -0.1) is 23.5 Å². The maximum Gasteiger partial charge on any atom is 0.255 e. The molecule has 1 aliphatic rings. The molecule has 1 saturated heterocycles. The molecule has 4 rings (SSSR count). The van der Waals surface area contributed by atoms with E-state index >= 15 is 0 Å². The van der Waals surface area contributed by atoms with Crippen LogP contribution in [0, 0.1) is 0 Å². The van der Waals surface area contributed by atoms with Crippen molar-refractivity contribution in [3.63, 3.8) is 0 Å². The molecule has 4 nitrogen and oxygen atoms in total. The fraction of sp³-hybridized carbons (Fsp3) is 0.190. The fourth-order valence-corrected chi connectivity index (χ4v) is 5.70. The van der Waals surface area contributed by atoms with E-state index in [9.17, 15) is 4.79 Å². The molecule has 136 valence electrons. The highest BCUT2D eigenvalue weighted by Gasteiger charge is 2.17. The minimum absolute atomic E-state index is 0.151. The van der Waals surface area contributed by atoms with Gasteiger partial charge in [-0.1, -0.05) is 42.5 Å². The van der Waals surface area contributed by atoms with Gasteiger partial charge in [0.25, 0.3) is 5.91 Å². The molecule has 1 aromatic heterocycles. The van der Waals surface area contributed by atoms with Crippen LogP contribution in [0.25, 0.3) is 11.4 Å². The van der Waals surface area contributed by atoms with Crippen LogP contribution in [0.2, 0.25) is 0 Å². The third-order valence-corrected chi connectivity index (χ3v) is 7.23. The molecule has 1 N–H and O–H groups in total. The van der Waals surface area contributed by atoms with Crippen LogP contribution in [-0.2, 0) is 0 Å². The van der Waals surface area contributed by atoms with Gasteiger partial charge in [0.2, 0.25) is 0 Å². The smallest absolute Gasteiger partial charge is 0.255 e. The number of amides is 1. The van der Waals surface area contributed by atoms with E-state index in [1.165, 1.54) is 23.5 Å². The second kappa shape index (κ2) is 8.59. The lowest BCUT2D eigenvalue weighted by atomic mass is 10.1. The topological polar surface area (TPSA) is 54.9 Å². The van der Waals surface area contributed by atoms with E-state index in [-0.39, 0.29) is 5.91 Å². The van der Waals surface area contributed by atoms with Crippen molar-refractivity contribution in [1.82, 2.24) is 9.97 Å². The van der Waals surface area contributed by atoms with Crippen LogP contribution in [0.15, 0.2) is 67.0 Å². The zero-order valence-corrected chi connectivity index (χ0v) is 16.3. The summed E-state index contributed by atoms with van der Waals surface area (Å²) in [7, 11) is 0. The molecule has 1 aliphatic heterocycles. The molecule has 0 radical (unpaired) electrons. The van der Waals surface area contributed by atoms with Crippen molar-refractivity contribution < 1.29 is 4.79 Å². The van der Waals surface area contributed by atoms with Gasteiger partial charge in [-0.2, -0.15) is 0 Å². The van der Waals surface area contributed by atoms with Crippen LogP contribution in [0.4, 0.5) is 5.69 Å². The van der Waals surface area contributed by atoms with Crippen LogP contribution in [0.1, 0.15) is 26.9 Å². The Labute approximate surface area is 167 Å². The molecule has 0 aliphatic carbocycles. The number of aromatic nitrogens is 2. The standard InChI is InChI=1S/C21H19N3OS2/c25-20(16-7-9-17(10-8-16)21-26-11-4-12-27-21)24-18-13-22-19(23-14-18)15-5-2-1-3-6-15/h1-3,5-10,13-14,21H,4,11-12H2,(H,24,25). The van der Waals surface area contributed by atoms with Crippen molar-refractivity contribution in [2.75, 3.05) is 16.8 Å². The van der Waals surface area contributed by atoms with E-state index < -0.39 is 0 Å². The largest absolute Gasteiger partial charge is 0.319 e. The van der Waals surface area contributed by atoms with Crippen LogP contribution >= 0.6 is 23.5 Å². The first-order chi connectivity index (χ1) is 13.3. The number of anilines is 1. The van der Waals surface area contributed by atoms with E-state index in [2.05, 4.69) is 27.4 Å². The molecule has 0 atom stereocenters. The van der Waals surface area contributed by atoms with Gasteiger partial charge in [0.15, 0.2) is 5.82 Å². The summed E-state index contributed by atoms with van der Waals surface area (Å²) in [5.41, 5.74) is 3.44. The fourth-order valence-electron chi connectivity index (χ4n) is 2.80. The number of carbonyl (C=O) groups excluding carboxylic acids is 1. The SMILES string of the molecule is O=C(Nc1cnc(-c2ccccc2)nc1)c1ccc(C2SCCCS2)cc1. The van der Waals surface area contributed by atoms with E-state index in [4.69, 9.17) is 0 Å². The maximum absolute atomic E-state index is 12.5. The normalized spacial score (nSPS) is 14.7. The molecule has 0 saturated carbocycles. The number of thioether (sulfide) groups is 2. The summed E-state index contributed by atoms with van der Waals surface area (Å²) in [6, 6.07) is 17.6. The van der Waals surface area contributed by atoms with Crippen LogP contribution in [0.3, 0.4) is 0 Å². The molecule has 0 unspecified atom stereocenters. The molecule has 0 spiro atoms. The van der Waals surface area contributed by atoms with Gasteiger partial charge in [0, 0.05) is 11.1 Å². The molecular formula is C21H19N3OS2. The molecule has 27 heavy (non-hydrogen) atoms. The Morgan fingerprint density at radius 3 is 2.26 bits per heavy atom. The molecule has 2 heterocycles. The first-order valence-corrected chi connectivity index (χ1v) is 10.9. The molecule has 0 bridgehead atoms. The number of nitrogens with zero attached hydrogens (tertiary/aromatic N) is 2. The van der Waals surface area contributed by atoms with Gasteiger partial charge in [-0.3, -0.25) is 4.79 Å². The molecule has 1 amide bonds. The minimum atomic E-state index is -0.151. The third kappa shape index (κ3) is 4.51. The van der Waals surface area contributed by atoms with Gasteiger partial charge < -0.3 is 5.32 Å². The Balaban J connectivity index is 1.41. The average Bonchev–Trinajstić information content (AvgIpc) is 2.76. The van der Waals surface area contributed by atoms with E-state index in [1.54, 1.807) is 12.4 Å². The highest BCUT2D eigenvalue weighted by molar-refractivity contribution is 8.16. The third-order valence-electron chi connectivity index (χ3n) is 4.21. The van der Waals surface area contributed by atoms with E-state index in [0.717, 1.165) is 5.56 Å². The molecule has 2 aromatic carbocycles. The minimum Gasteiger partial charge on any atom is -0.319 e. The van der Waals surface area contributed by atoms with Crippen molar-refractivity contribution in [1.29, 1.82) is 0 Å². The summed E-state index contributed by atoms with van der Waals surface area (Å²) in [5.74, 6) is 2.90. The molecule has 6 heteroatoms. The van der Waals surface area contributed by atoms with Crippen LogP contribution in [-0.4, -0.2) is 27.4 Å². The Bertz CT molecular complexity index is 893. The summed E-state index contributed by atoms with van der Waals surface area (Å²) in [6.45, 7) is 0. The number of benzene rings is 2. The highest BCUT2D eigenvalue weighted by atomic mass is 32.2. The number of hydrogen-bond acceptors (Lipinski definition) is 5. The number of nitrogens with one attached hydrogen (secondary N) is 1. The number of hydrogen-bond donors (Lipinski definition) is 1. The number of rotatable bonds is 4. The van der Waals surface area contributed by atoms with E-state index in [1.807, 2.05) is 66.0 Å². The summed E-state index contributed by atoms with van der Waals surface area (Å²) in [4.78, 5) is 21.2. The van der Waals surface area contributed by atoms with Crippen LogP contribution in [0.5, 0.6) is 0 Å².